The second-order valence-electron chi connectivity index (χ2n) is 14.1. The Labute approximate surface area is 308 Å². The molecule has 252 valence electrons. The number of pyridine rings is 1. The molecule has 0 spiro atoms. The van der Waals surface area contributed by atoms with Gasteiger partial charge in [-0.1, -0.05) is 119 Å². The van der Waals surface area contributed by atoms with Gasteiger partial charge in [-0.05, 0) is 58.2 Å². The topological polar surface area (TPSA) is 43.2 Å². The van der Waals surface area contributed by atoms with E-state index in [1.165, 1.54) is 11.1 Å². The number of imidazole rings is 1. The quantitative estimate of drug-likeness (QED) is 0.157. The molecule has 0 bridgehead atoms. The summed E-state index contributed by atoms with van der Waals surface area (Å²) in [6.45, 7) is 13.2. The van der Waals surface area contributed by atoms with E-state index in [1.54, 1.807) is 0 Å². The first-order valence-corrected chi connectivity index (χ1v) is 16.7. The molecule has 0 N–H and O–H groups in total. The number of aromatic nitrogens is 3. The molecule has 5 nitrogen and oxygen atoms in total. The van der Waals surface area contributed by atoms with Crippen LogP contribution in [0, 0.1) is 18.8 Å². The smallest absolute Gasteiger partial charge is 0.0421 e. The fourth-order valence-corrected chi connectivity index (χ4v) is 6.50. The minimum absolute atomic E-state index is 0. The van der Waals surface area contributed by atoms with E-state index in [-0.39, 0.29) is 31.9 Å². The van der Waals surface area contributed by atoms with E-state index in [2.05, 4.69) is 160 Å². The Hall–Kier alpha value is -5.12. The fraction of sp³-hybridized carbons (Fsp3) is 0.159. The van der Waals surface area contributed by atoms with Crippen molar-refractivity contribution in [3.05, 3.63) is 163 Å². The van der Waals surface area contributed by atoms with Crippen LogP contribution < -0.4 is 9.64 Å². The number of nitrogens with zero attached hydrogens (tertiary/aromatic N) is 4. The van der Waals surface area contributed by atoms with Gasteiger partial charge in [0.1, 0.15) is 0 Å². The van der Waals surface area contributed by atoms with E-state index in [4.69, 9.17) is 14.7 Å². The fourth-order valence-electron chi connectivity index (χ4n) is 6.50. The van der Waals surface area contributed by atoms with Gasteiger partial charge in [0.05, 0.1) is 0 Å². The molecule has 1 aliphatic heterocycles. The summed E-state index contributed by atoms with van der Waals surface area (Å²) in [6.07, 6.45) is 1.88. The van der Waals surface area contributed by atoms with Crippen LogP contribution in [-0.2, 0) is 31.9 Å². The molecule has 1 aliphatic rings. The Morgan fingerprint density at radius 3 is 2.26 bits per heavy atom. The largest absolute Gasteiger partial charge is 0.503 e. The molecule has 0 saturated carbocycles. The summed E-state index contributed by atoms with van der Waals surface area (Å²) in [5.41, 5.74) is 9.97. The van der Waals surface area contributed by atoms with Gasteiger partial charge in [-0.25, -0.2) is 0 Å². The van der Waals surface area contributed by atoms with Gasteiger partial charge >= 0.3 is 0 Å². The Balaban J connectivity index is 0.00000392. The minimum Gasteiger partial charge on any atom is -0.503 e. The van der Waals surface area contributed by atoms with Crippen LogP contribution in [0.3, 0.4) is 0 Å². The Kier molecular flexibility index (Phi) is 8.66. The van der Waals surface area contributed by atoms with Gasteiger partial charge in [-0.3, -0.25) is 0 Å². The summed E-state index contributed by atoms with van der Waals surface area (Å²) < 4.78 is 8.75. The van der Waals surface area contributed by atoms with Crippen LogP contribution in [0.2, 0.25) is 0 Å². The van der Waals surface area contributed by atoms with Gasteiger partial charge in [-0.2, -0.15) is 0 Å². The van der Waals surface area contributed by atoms with E-state index in [0.717, 1.165) is 50.6 Å². The van der Waals surface area contributed by atoms with E-state index in [9.17, 15) is 0 Å². The van der Waals surface area contributed by atoms with Gasteiger partial charge in [0, 0.05) is 61.2 Å². The second kappa shape index (κ2) is 13.0. The molecule has 5 aromatic carbocycles. The molecule has 0 atom stereocenters. The van der Waals surface area contributed by atoms with Gasteiger partial charge in [-0.15, -0.1) is 47.5 Å². The summed E-state index contributed by atoms with van der Waals surface area (Å²) in [6, 6.07) is 48.8. The van der Waals surface area contributed by atoms with Gasteiger partial charge < -0.3 is 24.2 Å². The second-order valence-corrected chi connectivity index (χ2v) is 14.1. The van der Waals surface area contributed by atoms with E-state index in [0.29, 0.717) is 11.5 Å². The number of rotatable bonds is 6. The summed E-state index contributed by atoms with van der Waals surface area (Å²) in [4.78, 5) is 11.9. The molecule has 2 aromatic heterocycles. The molecule has 3 heterocycles. The molecule has 0 saturated heterocycles. The Morgan fingerprint density at radius 1 is 0.680 bits per heavy atom. The van der Waals surface area contributed by atoms with Crippen molar-refractivity contribution in [3.8, 4) is 34.1 Å². The van der Waals surface area contributed by atoms with Crippen molar-refractivity contribution >= 4 is 22.4 Å². The maximum Gasteiger partial charge on any atom is 0.0421 e. The molecule has 7 aromatic rings. The number of fused-ring (bicyclic) bond motifs is 5. The van der Waals surface area contributed by atoms with Crippen molar-refractivity contribution in [3.63, 3.8) is 0 Å². The standard InChI is InChI=1S/C44H37N4O.Pt/c1-43(2,3)33-25-34(47-29-48-41-21-12-10-19-38(41)46-42(48)37-18-9-11-20-40(37)47)28-36(26-33)49-35-17-13-14-30(24-35)39-27-32(22-23-45-39)44(4,5)31-15-7-6-8-16-31;/h6-23,25-27,29H,1-5H3;/q-3;. The number of hydrogen-bond donors (Lipinski definition) is 0. The molecule has 8 rings (SSSR count). The first kappa shape index (κ1) is 33.4. The van der Waals surface area contributed by atoms with Crippen LogP contribution in [-0.4, -0.2) is 14.5 Å². The Morgan fingerprint density at radius 2 is 1.44 bits per heavy atom. The summed E-state index contributed by atoms with van der Waals surface area (Å²) in [7, 11) is 0. The molecule has 0 aliphatic carbocycles. The van der Waals surface area contributed by atoms with Crippen molar-refractivity contribution < 1.29 is 25.8 Å². The maximum absolute atomic E-state index is 6.59. The van der Waals surface area contributed by atoms with Crippen LogP contribution in [0.25, 0.3) is 33.7 Å². The predicted molar refractivity (Wildman–Crippen MR) is 198 cm³/mol. The zero-order chi connectivity index (χ0) is 33.8. The third kappa shape index (κ3) is 6.12. The van der Waals surface area contributed by atoms with E-state index in [1.807, 2.05) is 30.5 Å². The third-order valence-corrected chi connectivity index (χ3v) is 9.43. The first-order valence-electron chi connectivity index (χ1n) is 16.7. The first-order chi connectivity index (χ1) is 23.6. The summed E-state index contributed by atoms with van der Waals surface area (Å²) in [5.74, 6) is 2.15. The van der Waals surface area contributed by atoms with Crippen LogP contribution in [0.5, 0.6) is 11.5 Å². The zero-order valence-electron chi connectivity index (χ0n) is 28.7. The molecule has 50 heavy (non-hydrogen) atoms. The van der Waals surface area contributed by atoms with Gasteiger partial charge in [0.2, 0.25) is 0 Å². The SMILES string of the molecule is CC(C)(C)c1cc(Oc2[c-]c(-c3cc(C(C)(C)c4ccccc4)ccn3)ccc2)[c-]c(N2[CH-]n3c(nc4ccccc43)-c3ccccc32)c1.[Pt]. The molecule has 0 unspecified atom stereocenters. The monoisotopic (exact) mass is 832 g/mol. The molecule has 6 heteroatoms. The van der Waals surface area contributed by atoms with Crippen molar-refractivity contribution in [2.75, 3.05) is 4.90 Å². The number of ether oxygens (including phenoxy) is 1. The Bertz CT molecular complexity index is 2320. The molecule has 0 amide bonds. The molecular formula is C44H37N4OPt-3. The molecule has 0 radical (unpaired) electrons. The van der Waals surface area contributed by atoms with Gasteiger partial charge in [0.15, 0.2) is 0 Å². The van der Waals surface area contributed by atoms with Crippen LogP contribution in [0.4, 0.5) is 11.4 Å². The van der Waals surface area contributed by atoms with Crippen LogP contribution >= 0.6 is 0 Å². The van der Waals surface area contributed by atoms with Crippen molar-refractivity contribution in [2.24, 2.45) is 0 Å². The zero-order valence-corrected chi connectivity index (χ0v) is 31.0. The van der Waals surface area contributed by atoms with Gasteiger partial charge in [0.25, 0.3) is 0 Å². The number of hydrogen-bond acceptors (Lipinski definition) is 4. The number of para-hydroxylation sites is 3. The van der Waals surface area contributed by atoms with Crippen LogP contribution in [0.15, 0.2) is 128 Å². The summed E-state index contributed by atoms with van der Waals surface area (Å²) in [5, 5.41) is 0. The number of anilines is 2. The van der Waals surface area contributed by atoms with Crippen molar-refractivity contribution in [1.29, 1.82) is 0 Å². The average Bonchev–Trinajstić information content (AvgIpc) is 3.50. The van der Waals surface area contributed by atoms with Crippen molar-refractivity contribution in [2.45, 2.75) is 45.4 Å². The maximum atomic E-state index is 6.59. The molecule has 0 fully saturated rings. The van der Waals surface area contributed by atoms with Crippen molar-refractivity contribution in [1.82, 2.24) is 14.5 Å². The third-order valence-electron chi connectivity index (χ3n) is 9.43. The van der Waals surface area contributed by atoms with E-state index < -0.39 is 0 Å². The average molecular weight is 833 g/mol. The number of benzene rings is 5. The van der Waals surface area contributed by atoms with Crippen LogP contribution in [0.1, 0.15) is 51.3 Å². The molecular weight excluding hydrogens is 796 g/mol. The normalized spacial score (nSPS) is 12.5. The van der Waals surface area contributed by atoms with E-state index >= 15 is 0 Å². The predicted octanol–water partition coefficient (Wildman–Crippen LogP) is 10.9. The summed E-state index contributed by atoms with van der Waals surface area (Å²) >= 11 is 0. The minimum atomic E-state index is -0.181.